The Morgan fingerprint density at radius 1 is 1.25 bits per heavy atom. The van der Waals surface area contributed by atoms with Gasteiger partial charge in [0.05, 0.1) is 19.3 Å². The molecule has 0 radical (unpaired) electrons. The van der Waals surface area contributed by atoms with Crippen LogP contribution in [0.25, 0.3) is 6.08 Å². The zero-order valence-electron chi connectivity index (χ0n) is 11.2. The summed E-state index contributed by atoms with van der Waals surface area (Å²) in [6.07, 6.45) is 1.90. The maximum atomic E-state index is 9.28. The van der Waals surface area contributed by atoms with Crippen LogP contribution < -0.4 is 9.47 Å². The third kappa shape index (κ3) is 2.93. The highest BCUT2D eigenvalue weighted by Gasteiger charge is 2.14. The van der Waals surface area contributed by atoms with Crippen molar-refractivity contribution in [2.75, 3.05) is 39.6 Å². The number of hydrogen-bond acceptors (Lipinski definition) is 5. The summed E-state index contributed by atoms with van der Waals surface area (Å²) in [5, 5.41) is 9.28. The second kappa shape index (κ2) is 5.95. The van der Waals surface area contributed by atoms with Crippen LogP contribution in [0.4, 0.5) is 0 Å². The van der Waals surface area contributed by atoms with E-state index >= 15 is 0 Å². The molecule has 2 heterocycles. The van der Waals surface area contributed by atoms with E-state index in [1.165, 1.54) is 0 Å². The Bertz CT molecular complexity index is 557. The largest absolute Gasteiger partial charge is 0.454 e. The molecule has 0 N–H and O–H groups in total. The van der Waals surface area contributed by atoms with Crippen molar-refractivity contribution < 1.29 is 14.2 Å². The highest BCUT2D eigenvalue weighted by Crippen LogP contribution is 2.33. The van der Waals surface area contributed by atoms with Gasteiger partial charge < -0.3 is 14.2 Å². The average molecular weight is 272 g/mol. The summed E-state index contributed by atoms with van der Waals surface area (Å²) in [5.41, 5.74) is 1.70. The van der Waals surface area contributed by atoms with Gasteiger partial charge in [-0.3, -0.25) is 4.90 Å². The van der Waals surface area contributed by atoms with Gasteiger partial charge in [-0.05, 0) is 23.8 Å². The Hall–Kier alpha value is -2.03. The SMILES string of the molecule is N#C/C(=C/c1ccc2c(c1)OCO2)CN1CCOCC1. The minimum Gasteiger partial charge on any atom is -0.454 e. The predicted molar refractivity (Wildman–Crippen MR) is 73.4 cm³/mol. The second-order valence-corrected chi connectivity index (χ2v) is 4.78. The molecule has 0 unspecified atom stereocenters. The Labute approximate surface area is 118 Å². The molecule has 104 valence electrons. The lowest BCUT2D eigenvalue weighted by Crippen LogP contribution is -2.37. The van der Waals surface area contributed by atoms with Gasteiger partial charge in [0.2, 0.25) is 6.79 Å². The van der Waals surface area contributed by atoms with Crippen molar-refractivity contribution in [1.29, 1.82) is 5.26 Å². The van der Waals surface area contributed by atoms with Crippen molar-refractivity contribution in [2.45, 2.75) is 0 Å². The van der Waals surface area contributed by atoms with E-state index in [1.54, 1.807) is 0 Å². The number of nitrogens with zero attached hydrogens (tertiary/aromatic N) is 2. The van der Waals surface area contributed by atoms with Crippen LogP contribution in [0.5, 0.6) is 11.5 Å². The summed E-state index contributed by atoms with van der Waals surface area (Å²) >= 11 is 0. The minimum atomic E-state index is 0.265. The number of benzene rings is 1. The summed E-state index contributed by atoms with van der Waals surface area (Å²) in [5.74, 6) is 1.50. The first-order chi connectivity index (χ1) is 9.85. The van der Waals surface area contributed by atoms with E-state index in [-0.39, 0.29) is 6.79 Å². The van der Waals surface area contributed by atoms with Gasteiger partial charge in [0.1, 0.15) is 0 Å². The zero-order chi connectivity index (χ0) is 13.8. The normalized spacial score (nSPS) is 18.9. The molecule has 1 aromatic rings. The third-order valence-electron chi connectivity index (χ3n) is 3.38. The van der Waals surface area contributed by atoms with Crippen LogP contribution in [0.15, 0.2) is 23.8 Å². The van der Waals surface area contributed by atoms with Crippen LogP contribution in [-0.4, -0.2) is 44.5 Å². The smallest absolute Gasteiger partial charge is 0.231 e. The molecule has 2 aliphatic rings. The van der Waals surface area contributed by atoms with E-state index in [1.807, 2.05) is 24.3 Å². The van der Waals surface area contributed by atoms with Crippen molar-refractivity contribution in [3.8, 4) is 17.6 Å². The standard InChI is InChI=1S/C15H16N2O3/c16-9-13(10-17-3-5-18-6-4-17)7-12-1-2-14-15(8-12)20-11-19-14/h1-2,7-8H,3-6,10-11H2/b13-7-. The van der Waals surface area contributed by atoms with Gasteiger partial charge in [-0.2, -0.15) is 5.26 Å². The van der Waals surface area contributed by atoms with Crippen LogP contribution in [0.2, 0.25) is 0 Å². The number of ether oxygens (including phenoxy) is 3. The first-order valence-corrected chi connectivity index (χ1v) is 6.65. The quantitative estimate of drug-likeness (QED) is 0.783. The molecule has 1 fully saturated rings. The fraction of sp³-hybridized carbons (Fsp3) is 0.400. The van der Waals surface area contributed by atoms with Crippen molar-refractivity contribution in [1.82, 2.24) is 4.90 Å². The molecule has 0 saturated carbocycles. The van der Waals surface area contributed by atoms with Gasteiger partial charge >= 0.3 is 0 Å². The molecular weight excluding hydrogens is 256 g/mol. The molecule has 5 nitrogen and oxygen atoms in total. The number of rotatable bonds is 3. The van der Waals surface area contributed by atoms with E-state index in [2.05, 4.69) is 11.0 Å². The van der Waals surface area contributed by atoms with E-state index in [0.29, 0.717) is 6.54 Å². The number of morpholine rings is 1. The lowest BCUT2D eigenvalue weighted by molar-refractivity contribution is 0.0428. The molecule has 0 spiro atoms. The van der Waals surface area contributed by atoms with Gasteiger partial charge in [-0.25, -0.2) is 0 Å². The number of hydrogen-bond donors (Lipinski definition) is 0. The van der Waals surface area contributed by atoms with Crippen molar-refractivity contribution in [3.05, 3.63) is 29.3 Å². The van der Waals surface area contributed by atoms with Gasteiger partial charge in [-0.1, -0.05) is 6.07 Å². The maximum Gasteiger partial charge on any atom is 0.231 e. The average Bonchev–Trinajstić information content (AvgIpc) is 2.95. The zero-order valence-corrected chi connectivity index (χ0v) is 11.2. The van der Waals surface area contributed by atoms with E-state index < -0.39 is 0 Å². The van der Waals surface area contributed by atoms with Crippen molar-refractivity contribution in [2.24, 2.45) is 0 Å². The monoisotopic (exact) mass is 272 g/mol. The van der Waals surface area contributed by atoms with Crippen molar-refractivity contribution in [3.63, 3.8) is 0 Å². The predicted octanol–water partition coefficient (Wildman–Crippen LogP) is 1.65. The minimum absolute atomic E-state index is 0.265. The lowest BCUT2D eigenvalue weighted by Gasteiger charge is -2.26. The Kier molecular flexibility index (Phi) is 3.86. The molecular formula is C15H16N2O3. The summed E-state index contributed by atoms with van der Waals surface area (Å²) in [6.45, 7) is 4.15. The Morgan fingerprint density at radius 3 is 2.85 bits per heavy atom. The summed E-state index contributed by atoms with van der Waals surface area (Å²) in [7, 11) is 0. The fourth-order valence-electron chi connectivity index (χ4n) is 2.32. The lowest BCUT2D eigenvalue weighted by atomic mass is 10.1. The van der Waals surface area contributed by atoms with Gasteiger partial charge in [0, 0.05) is 25.2 Å². The van der Waals surface area contributed by atoms with E-state index in [4.69, 9.17) is 14.2 Å². The van der Waals surface area contributed by atoms with Gasteiger partial charge in [0.15, 0.2) is 11.5 Å². The van der Waals surface area contributed by atoms with E-state index in [9.17, 15) is 5.26 Å². The van der Waals surface area contributed by atoms with Crippen LogP contribution in [0.1, 0.15) is 5.56 Å². The molecule has 0 atom stereocenters. The Balaban J connectivity index is 1.73. The molecule has 2 aliphatic heterocycles. The second-order valence-electron chi connectivity index (χ2n) is 4.78. The molecule has 0 aromatic heterocycles. The number of nitriles is 1. The van der Waals surface area contributed by atoms with E-state index in [0.717, 1.165) is 48.9 Å². The van der Waals surface area contributed by atoms with Crippen LogP contribution in [-0.2, 0) is 4.74 Å². The van der Waals surface area contributed by atoms with Gasteiger partial charge in [-0.15, -0.1) is 0 Å². The third-order valence-corrected chi connectivity index (χ3v) is 3.38. The molecule has 0 aliphatic carbocycles. The first kappa shape index (κ1) is 13.0. The van der Waals surface area contributed by atoms with Crippen LogP contribution >= 0.6 is 0 Å². The molecule has 5 heteroatoms. The topological polar surface area (TPSA) is 54.7 Å². The van der Waals surface area contributed by atoms with Crippen LogP contribution in [0.3, 0.4) is 0 Å². The molecule has 3 rings (SSSR count). The first-order valence-electron chi connectivity index (χ1n) is 6.65. The molecule has 0 bridgehead atoms. The fourth-order valence-corrected chi connectivity index (χ4v) is 2.32. The molecule has 1 saturated heterocycles. The molecule has 1 aromatic carbocycles. The summed E-state index contributed by atoms with van der Waals surface area (Å²) < 4.78 is 15.9. The molecule has 0 amide bonds. The highest BCUT2D eigenvalue weighted by molar-refractivity contribution is 5.61. The van der Waals surface area contributed by atoms with Gasteiger partial charge in [0.25, 0.3) is 0 Å². The number of fused-ring (bicyclic) bond motifs is 1. The maximum absolute atomic E-state index is 9.28. The van der Waals surface area contributed by atoms with Crippen LogP contribution in [0, 0.1) is 11.3 Å². The van der Waals surface area contributed by atoms with Crippen molar-refractivity contribution >= 4 is 6.08 Å². The highest BCUT2D eigenvalue weighted by atomic mass is 16.7. The molecule has 20 heavy (non-hydrogen) atoms. The Morgan fingerprint density at radius 2 is 2.05 bits per heavy atom. The summed E-state index contributed by atoms with van der Waals surface area (Å²) in [6, 6.07) is 7.98. The summed E-state index contributed by atoms with van der Waals surface area (Å²) in [4.78, 5) is 2.23.